The summed E-state index contributed by atoms with van der Waals surface area (Å²) >= 11 is 0. The lowest BCUT2D eigenvalue weighted by Gasteiger charge is -2.34. The molecule has 0 unspecified atom stereocenters. The van der Waals surface area contributed by atoms with Gasteiger partial charge in [0.2, 0.25) is 0 Å². The van der Waals surface area contributed by atoms with Gasteiger partial charge in [0.25, 0.3) is 0 Å². The molecule has 9 nitrogen and oxygen atoms in total. The molecule has 0 bridgehead atoms. The lowest BCUT2D eigenvalue weighted by Crippen LogP contribution is -2.44. The maximum Gasteiger partial charge on any atom is 0.319 e. The molecular weight excluding hydrogens is 485 g/mol. The summed E-state index contributed by atoms with van der Waals surface area (Å²) in [4.78, 5) is 23.2. The molecule has 2 amide bonds. The third-order valence-electron chi connectivity index (χ3n) is 5.68. The first kappa shape index (κ1) is 25.5. The molecule has 0 radical (unpaired) electrons. The molecule has 0 spiro atoms. The van der Waals surface area contributed by atoms with E-state index in [4.69, 9.17) is 9.72 Å². The van der Waals surface area contributed by atoms with Gasteiger partial charge in [-0.05, 0) is 62.4 Å². The van der Waals surface area contributed by atoms with Crippen LogP contribution in [0.3, 0.4) is 0 Å². The maximum atomic E-state index is 13.3. The largest absolute Gasteiger partial charge is 0.377 e. The van der Waals surface area contributed by atoms with Crippen molar-refractivity contribution < 1.29 is 22.3 Å². The molecule has 1 fully saturated rings. The zero-order chi connectivity index (χ0) is 25.7. The summed E-state index contributed by atoms with van der Waals surface area (Å²) in [6, 6.07) is 13.1. The third-order valence-corrected chi connectivity index (χ3v) is 7.34. The minimum Gasteiger partial charge on any atom is -0.377 e. The zero-order valence-corrected chi connectivity index (χ0v) is 20.9. The van der Waals surface area contributed by atoms with Crippen LogP contribution in [-0.4, -0.2) is 56.8 Å². The normalized spacial score (nSPS) is 16.0. The Hall–Kier alpha value is -3.57. The van der Waals surface area contributed by atoms with Crippen LogP contribution in [0.2, 0.25) is 0 Å². The van der Waals surface area contributed by atoms with Crippen molar-refractivity contribution in [2.45, 2.75) is 30.5 Å². The average molecular weight is 514 g/mol. The predicted molar refractivity (Wildman–Crippen MR) is 135 cm³/mol. The summed E-state index contributed by atoms with van der Waals surface area (Å²) in [7, 11) is -3.77. The molecule has 2 N–H and O–H groups in total. The van der Waals surface area contributed by atoms with E-state index in [9.17, 15) is 17.6 Å². The monoisotopic (exact) mass is 513 g/mol. The predicted octanol–water partition coefficient (Wildman–Crippen LogP) is 3.62. The van der Waals surface area contributed by atoms with Crippen molar-refractivity contribution in [3.8, 4) is 11.4 Å². The van der Waals surface area contributed by atoms with Crippen LogP contribution in [0.15, 0.2) is 59.5 Å². The molecule has 36 heavy (non-hydrogen) atoms. The van der Waals surface area contributed by atoms with Crippen LogP contribution in [0.5, 0.6) is 0 Å². The number of hydrogen-bond donors (Lipinski definition) is 2. The lowest BCUT2D eigenvalue weighted by molar-refractivity contribution is 0.0985. The van der Waals surface area contributed by atoms with E-state index in [-0.39, 0.29) is 22.7 Å². The Balaban J connectivity index is 1.68. The number of halogens is 1. The topological polar surface area (TPSA) is 114 Å². The SMILES string of the molecule is CCNC(=O)Nc1ccc(-c2nc(CS(=O)(=O)c3ccc(F)cc3)cc(N3CCOC[C@@H]3C)n2)cc1. The summed E-state index contributed by atoms with van der Waals surface area (Å²) in [6.07, 6.45) is 0. The molecular formula is C25H28FN5O4S. The quantitative estimate of drug-likeness (QED) is 0.464. The van der Waals surface area contributed by atoms with Crippen molar-refractivity contribution in [1.29, 1.82) is 0 Å². The molecule has 190 valence electrons. The van der Waals surface area contributed by atoms with E-state index in [2.05, 4.69) is 20.5 Å². The minimum absolute atomic E-state index is 0.0196. The van der Waals surface area contributed by atoms with E-state index in [0.717, 1.165) is 12.1 Å². The summed E-state index contributed by atoms with van der Waals surface area (Å²) in [5.74, 6) is 0.0909. The number of nitrogens with one attached hydrogen (secondary N) is 2. The Bertz CT molecular complexity index is 1320. The molecule has 1 aliphatic rings. The van der Waals surface area contributed by atoms with Gasteiger partial charge in [0.15, 0.2) is 15.7 Å². The van der Waals surface area contributed by atoms with Gasteiger partial charge in [-0.1, -0.05) is 0 Å². The number of anilines is 2. The molecule has 3 aromatic rings. The van der Waals surface area contributed by atoms with Gasteiger partial charge in [-0.25, -0.2) is 27.6 Å². The Morgan fingerprint density at radius 2 is 1.86 bits per heavy atom. The zero-order valence-electron chi connectivity index (χ0n) is 20.1. The minimum atomic E-state index is -3.77. The number of benzene rings is 2. The number of amides is 2. The second-order valence-corrected chi connectivity index (χ2v) is 10.4. The molecule has 1 aromatic heterocycles. The number of sulfone groups is 1. The second-order valence-electron chi connectivity index (χ2n) is 8.43. The molecule has 2 aromatic carbocycles. The fraction of sp³-hybridized carbons (Fsp3) is 0.320. The smallest absolute Gasteiger partial charge is 0.319 e. The number of nitrogens with zero attached hydrogens (tertiary/aromatic N) is 3. The van der Waals surface area contributed by atoms with Gasteiger partial charge in [0.1, 0.15) is 11.6 Å². The number of carbonyl (C=O) groups excluding carboxylic acids is 1. The fourth-order valence-corrected chi connectivity index (χ4v) is 5.11. The number of hydrogen-bond acceptors (Lipinski definition) is 7. The first-order valence-corrected chi connectivity index (χ1v) is 13.3. The van der Waals surface area contributed by atoms with Crippen molar-refractivity contribution in [2.75, 3.05) is 36.5 Å². The van der Waals surface area contributed by atoms with Crippen molar-refractivity contribution in [3.63, 3.8) is 0 Å². The Morgan fingerprint density at radius 1 is 1.14 bits per heavy atom. The van der Waals surface area contributed by atoms with Crippen LogP contribution in [0.1, 0.15) is 19.5 Å². The van der Waals surface area contributed by atoms with Gasteiger partial charge in [0, 0.05) is 30.4 Å². The van der Waals surface area contributed by atoms with Crippen LogP contribution in [-0.2, 0) is 20.3 Å². The molecule has 4 rings (SSSR count). The highest BCUT2D eigenvalue weighted by molar-refractivity contribution is 7.90. The Morgan fingerprint density at radius 3 is 2.53 bits per heavy atom. The molecule has 0 saturated carbocycles. The second kappa shape index (κ2) is 11.0. The Labute approximate surface area is 209 Å². The number of carbonyl (C=O) groups is 1. The van der Waals surface area contributed by atoms with Crippen molar-refractivity contribution >= 4 is 27.4 Å². The van der Waals surface area contributed by atoms with Crippen LogP contribution < -0.4 is 15.5 Å². The summed E-state index contributed by atoms with van der Waals surface area (Å²) in [6.45, 7) is 6.02. The number of rotatable bonds is 7. The van der Waals surface area contributed by atoms with Crippen LogP contribution >= 0.6 is 0 Å². The highest BCUT2D eigenvalue weighted by Crippen LogP contribution is 2.26. The van der Waals surface area contributed by atoms with Crippen molar-refractivity contribution in [2.24, 2.45) is 0 Å². The number of urea groups is 1. The van der Waals surface area contributed by atoms with Crippen LogP contribution in [0.25, 0.3) is 11.4 Å². The van der Waals surface area contributed by atoms with E-state index < -0.39 is 15.7 Å². The van der Waals surface area contributed by atoms with Crippen LogP contribution in [0, 0.1) is 5.82 Å². The van der Waals surface area contributed by atoms with E-state index in [1.807, 2.05) is 13.8 Å². The van der Waals surface area contributed by atoms with E-state index >= 15 is 0 Å². The van der Waals surface area contributed by atoms with Crippen LogP contribution in [0.4, 0.5) is 20.7 Å². The van der Waals surface area contributed by atoms with E-state index in [1.54, 1.807) is 30.3 Å². The first-order valence-electron chi connectivity index (χ1n) is 11.6. The van der Waals surface area contributed by atoms with E-state index in [1.165, 1.54) is 12.1 Å². The third kappa shape index (κ3) is 6.16. The standard InChI is InChI=1S/C25H28FN5O4S/c1-3-27-25(32)29-20-8-4-18(5-9-20)24-28-21(14-23(30-24)31-12-13-35-15-17(31)2)16-36(33,34)22-10-6-19(26)7-11-22/h4-11,14,17H,3,12-13,15-16H2,1-2H3,(H2,27,29,32)/t17-/m0/s1. The summed E-state index contributed by atoms with van der Waals surface area (Å²) in [5, 5.41) is 5.40. The van der Waals surface area contributed by atoms with Gasteiger partial charge in [0.05, 0.1) is 35.6 Å². The van der Waals surface area contributed by atoms with Gasteiger partial charge in [-0.15, -0.1) is 0 Å². The molecule has 0 aliphatic carbocycles. The maximum absolute atomic E-state index is 13.3. The molecule has 1 aliphatic heterocycles. The van der Waals surface area contributed by atoms with Crippen molar-refractivity contribution in [1.82, 2.24) is 15.3 Å². The number of morpholine rings is 1. The number of aromatic nitrogens is 2. The van der Waals surface area contributed by atoms with Gasteiger partial charge >= 0.3 is 6.03 Å². The summed E-state index contributed by atoms with van der Waals surface area (Å²) < 4.78 is 45.0. The van der Waals surface area contributed by atoms with Gasteiger partial charge in [-0.3, -0.25) is 0 Å². The molecule has 11 heteroatoms. The fourth-order valence-electron chi connectivity index (χ4n) is 3.86. The number of ether oxygens (including phenoxy) is 1. The molecule has 1 saturated heterocycles. The molecule has 1 atom stereocenters. The lowest BCUT2D eigenvalue weighted by atomic mass is 10.2. The molecule has 2 heterocycles. The van der Waals surface area contributed by atoms with Gasteiger partial charge in [-0.2, -0.15) is 0 Å². The highest BCUT2D eigenvalue weighted by Gasteiger charge is 2.24. The average Bonchev–Trinajstić information content (AvgIpc) is 2.85. The van der Waals surface area contributed by atoms with Gasteiger partial charge < -0.3 is 20.3 Å². The van der Waals surface area contributed by atoms with E-state index in [0.29, 0.717) is 54.9 Å². The first-order chi connectivity index (χ1) is 17.2. The highest BCUT2D eigenvalue weighted by atomic mass is 32.2. The van der Waals surface area contributed by atoms with Crippen molar-refractivity contribution in [3.05, 3.63) is 66.1 Å². The summed E-state index contributed by atoms with van der Waals surface area (Å²) in [5.41, 5.74) is 1.59. The Kier molecular flexibility index (Phi) is 7.80.